The highest BCUT2D eigenvalue weighted by Crippen LogP contribution is 2.14. The summed E-state index contributed by atoms with van der Waals surface area (Å²) in [6.07, 6.45) is 2.13. The Bertz CT molecular complexity index is 571. The van der Waals surface area contributed by atoms with E-state index in [0.29, 0.717) is 19.5 Å². The predicted octanol–water partition coefficient (Wildman–Crippen LogP) is 1.81. The number of benzene rings is 1. The number of aromatic nitrogens is 2. The zero-order chi connectivity index (χ0) is 13.7. The zero-order valence-corrected chi connectivity index (χ0v) is 13.7. The predicted molar refractivity (Wildman–Crippen MR) is 90.2 cm³/mol. The summed E-state index contributed by atoms with van der Waals surface area (Å²) in [4.78, 5) is 15.8. The first kappa shape index (κ1) is 19.7. The lowest BCUT2D eigenvalue weighted by atomic mass is 10.3. The fraction of sp³-hybridized carbons (Fsp3) is 0.429. The molecular formula is C14H22Cl2N4O. The maximum atomic E-state index is 11.3. The Morgan fingerprint density at radius 1 is 1.33 bits per heavy atom. The van der Waals surface area contributed by atoms with Gasteiger partial charge in [0.1, 0.15) is 5.82 Å². The Labute approximate surface area is 137 Å². The van der Waals surface area contributed by atoms with Crippen molar-refractivity contribution in [2.45, 2.75) is 19.3 Å². The number of imidazole rings is 1. The Kier molecular flexibility index (Phi) is 9.01. The molecule has 0 unspecified atom stereocenters. The Balaban J connectivity index is 0.00000200. The molecule has 0 saturated carbocycles. The van der Waals surface area contributed by atoms with Crippen LogP contribution >= 0.6 is 24.8 Å². The van der Waals surface area contributed by atoms with E-state index < -0.39 is 0 Å². The molecule has 0 aliphatic heterocycles. The number of nitrogens with one attached hydrogen (secondary N) is 1. The minimum Gasteiger partial charge on any atom is -0.356 e. The van der Waals surface area contributed by atoms with E-state index >= 15 is 0 Å². The van der Waals surface area contributed by atoms with Gasteiger partial charge in [-0.05, 0) is 18.6 Å². The monoisotopic (exact) mass is 332 g/mol. The Hall–Kier alpha value is -1.30. The van der Waals surface area contributed by atoms with Crippen LogP contribution in [0.2, 0.25) is 0 Å². The second kappa shape index (κ2) is 9.60. The maximum absolute atomic E-state index is 11.3. The number of hydrogen-bond acceptors (Lipinski definition) is 3. The highest BCUT2D eigenvalue weighted by Gasteiger charge is 2.06. The molecule has 0 aliphatic rings. The molecule has 0 spiro atoms. The Morgan fingerprint density at radius 2 is 2.05 bits per heavy atom. The van der Waals surface area contributed by atoms with E-state index in [2.05, 4.69) is 20.9 Å². The lowest BCUT2D eigenvalue weighted by molar-refractivity contribution is -0.120. The second-order valence-corrected chi connectivity index (χ2v) is 4.57. The topological polar surface area (TPSA) is 72.9 Å². The summed E-state index contributed by atoms with van der Waals surface area (Å²) in [7, 11) is 2.03. The largest absolute Gasteiger partial charge is 0.356 e. The van der Waals surface area contributed by atoms with Gasteiger partial charge in [-0.2, -0.15) is 0 Å². The van der Waals surface area contributed by atoms with Crippen molar-refractivity contribution in [3.05, 3.63) is 30.1 Å². The van der Waals surface area contributed by atoms with Crippen LogP contribution in [0.15, 0.2) is 24.3 Å². The minimum absolute atomic E-state index is 0. The van der Waals surface area contributed by atoms with Gasteiger partial charge in [0.25, 0.3) is 0 Å². The number of halogens is 2. The van der Waals surface area contributed by atoms with Crippen molar-refractivity contribution >= 4 is 41.8 Å². The fourth-order valence-electron chi connectivity index (χ4n) is 2.11. The van der Waals surface area contributed by atoms with Gasteiger partial charge in [0.05, 0.1) is 11.0 Å². The van der Waals surface area contributed by atoms with Crippen molar-refractivity contribution in [2.75, 3.05) is 13.1 Å². The Morgan fingerprint density at radius 3 is 2.71 bits per heavy atom. The molecule has 2 rings (SSSR count). The summed E-state index contributed by atoms with van der Waals surface area (Å²) in [6.45, 7) is 1.07. The molecule has 1 amide bonds. The fourth-order valence-corrected chi connectivity index (χ4v) is 2.11. The third kappa shape index (κ3) is 5.19. The summed E-state index contributed by atoms with van der Waals surface area (Å²) in [5.74, 6) is 1.07. The third-order valence-corrected chi connectivity index (χ3v) is 3.15. The van der Waals surface area contributed by atoms with Crippen molar-refractivity contribution in [2.24, 2.45) is 12.8 Å². The van der Waals surface area contributed by atoms with E-state index in [0.717, 1.165) is 29.7 Å². The van der Waals surface area contributed by atoms with E-state index in [1.54, 1.807) is 0 Å². The maximum Gasteiger partial charge on any atom is 0.221 e. The summed E-state index contributed by atoms with van der Waals surface area (Å²) >= 11 is 0. The van der Waals surface area contributed by atoms with Gasteiger partial charge in [0, 0.05) is 33.0 Å². The van der Waals surface area contributed by atoms with Crippen LogP contribution in [0.25, 0.3) is 11.0 Å². The summed E-state index contributed by atoms with van der Waals surface area (Å²) in [6, 6.07) is 8.09. The molecule has 1 heterocycles. The molecule has 1 aromatic heterocycles. The number of amides is 1. The van der Waals surface area contributed by atoms with Crippen molar-refractivity contribution in [1.29, 1.82) is 0 Å². The molecule has 5 nitrogen and oxygen atoms in total. The molecule has 7 heteroatoms. The number of hydrogen-bond donors (Lipinski definition) is 2. The van der Waals surface area contributed by atoms with Gasteiger partial charge in [-0.15, -0.1) is 24.8 Å². The molecule has 21 heavy (non-hydrogen) atoms. The van der Waals surface area contributed by atoms with Gasteiger partial charge in [-0.25, -0.2) is 4.98 Å². The molecular weight excluding hydrogens is 311 g/mol. The number of nitrogens with zero attached hydrogens (tertiary/aromatic N) is 2. The zero-order valence-electron chi connectivity index (χ0n) is 12.0. The molecule has 0 atom stereocenters. The number of para-hydroxylation sites is 2. The molecule has 0 fully saturated rings. The van der Waals surface area contributed by atoms with Crippen LogP contribution in [-0.4, -0.2) is 28.5 Å². The van der Waals surface area contributed by atoms with E-state index in [1.165, 1.54) is 0 Å². The summed E-state index contributed by atoms with van der Waals surface area (Å²) in [5.41, 5.74) is 7.48. The van der Waals surface area contributed by atoms with E-state index in [4.69, 9.17) is 5.73 Å². The van der Waals surface area contributed by atoms with E-state index in [-0.39, 0.29) is 30.7 Å². The van der Waals surface area contributed by atoms with Gasteiger partial charge < -0.3 is 15.6 Å². The molecule has 1 aromatic carbocycles. The third-order valence-electron chi connectivity index (χ3n) is 3.15. The molecule has 2 aromatic rings. The van der Waals surface area contributed by atoms with Gasteiger partial charge in [-0.3, -0.25) is 4.79 Å². The first-order valence-electron chi connectivity index (χ1n) is 6.59. The van der Waals surface area contributed by atoms with Crippen molar-refractivity contribution < 1.29 is 4.79 Å². The van der Waals surface area contributed by atoms with Crippen LogP contribution in [-0.2, 0) is 18.3 Å². The van der Waals surface area contributed by atoms with Crippen LogP contribution in [0.1, 0.15) is 18.7 Å². The van der Waals surface area contributed by atoms with Gasteiger partial charge in [0.2, 0.25) is 5.91 Å². The highest BCUT2D eigenvalue weighted by molar-refractivity contribution is 5.85. The molecule has 0 saturated heterocycles. The average Bonchev–Trinajstić information content (AvgIpc) is 2.73. The lowest BCUT2D eigenvalue weighted by Crippen LogP contribution is -2.26. The quantitative estimate of drug-likeness (QED) is 0.792. The summed E-state index contributed by atoms with van der Waals surface area (Å²) in [5, 5.41) is 2.85. The van der Waals surface area contributed by atoms with E-state index in [1.807, 2.05) is 25.2 Å². The first-order valence-corrected chi connectivity index (χ1v) is 6.59. The van der Waals surface area contributed by atoms with E-state index in [9.17, 15) is 4.79 Å². The number of carbonyl (C=O) groups excluding carboxylic acids is 1. The van der Waals surface area contributed by atoms with Crippen LogP contribution < -0.4 is 11.1 Å². The van der Waals surface area contributed by atoms with Crippen LogP contribution in [0.3, 0.4) is 0 Å². The molecule has 0 aliphatic carbocycles. The molecule has 118 valence electrons. The molecule has 3 N–H and O–H groups in total. The van der Waals surface area contributed by atoms with Crippen molar-refractivity contribution in [3.8, 4) is 0 Å². The number of carbonyl (C=O) groups is 1. The second-order valence-electron chi connectivity index (χ2n) is 4.57. The smallest absolute Gasteiger partial charge is 0.221 e. The SMILES string of the molecule is Cl.Cl.Cn1c(CCCNC(=O)CCN)nc2ccccc21. The lowest BCUT2D eigenvalue weighted by Gasteiger charge is -2.04. The average molecular weight is 333 g/mol. The number of nitrogens with two attached hydrogens (primary N) is 1. The van der Waals surface area contributed by atoms with Gasteiger partial charge in [0.15, 0.2) is 0 Å². The van der Waals surface area contributed by atoms with Crippen molar-refractivity contribution in [1.82, 2.24) is 14.9 Å². The van der Waals surface area contributed by atoms with Crippen LogP contribution in [0.4, 0.5) is 0 Å². The first-order chi connectivity index (χ1) is 9.22. The minimum atomic E-state index is 0. The summed E-state index contributed by atoms with van der Waals surface area (Å²) < 4.78 is 2.11. The standard InChI is InChI=1S/C14H20N4O.2ClH/c1-18-12-6-3-2-5-11(12)17-13(18)7-4-10-16-14(19)8-9-15;;/h2-3,5-6H,4,7-10,15H2,1H3,(H,16,19);2*1H. The number of rotatable bonds is 6. The number of aryl methyl sites for hydroxylation is 2. The van der Waals surface area contributed by atoms with Crippen LogP contribution in [0.5, 0.6) is 0 Å². The van der Waals surface area contributed by atoms with Gasteiger partial charge in [-0.1, -0.05) is 12.1 Å². The molecule has 0 bridgehead atoms. The normalized spacial score (nSPS) is 9.81. The highest BCUT2D eigenvalue weighted by atomic mass is 35.5. The number of fused-ring (bicyclic) bond motifs is 1. The van der Waals surface area contributed by atoms with Crippen LogP contribution in [0, 0.1) is 0 Å². The van der Waals surface area contributed by atoms with Gasteiger partial charge >= 0.3 is 0 Å². The van der Waals surface area contributed by atoms with Crippen molar-refractivity contribution in [3.63, 3.8) is 0 Å². The molecule has 0 radical (unpaired) electrons.